The van der Waals surface area contributed by atoms with Crippen LogP contribution in [0.5, 0.6) is 0 Å². The summed E-state index contributed by atoms with van der Waals surface area (Å²) in [5, 5.41) is 3.20. The van der Waals surface area contributed by atoms with Gasteiger partial charge in [-0.1, -0.05) is 110 Å². The molecule has 1 N–H and O–H groups in total. The number of amides is 1. The van der Waals surface area contributed by atoms with Crippen LogP contribution in [0.4, 0.5) is 5.69 Å². The summed E-state index contributed by atoms with van der Waals surface area (Å²) in [6.07, 6.45) is 0.818. The van der Waals surface area contributed by atoms with Crippen molar-refractivity contribution in [3.05, 3.63) is 138 Å². The zero-order valence-electron chi connectivity index (χ0n) is 22.4. The van der Waals surface area contributed by atoms with E-state index < -0.39 is 6.10 Å². The molecule has 4 aromatic rings. The molecule has 196 valence electrons. The topological polar surface area (TPSA) is 41.6 Å². The summed E-state index contributed by atoms with van der Waals surface area (Å²) in [5.41, 5.74) is 5.87. The van der Waals surface area contributed by atoms with Gasteiger partial charge in [0.05, 0.1) is 6.04 Å². The average Bonchev–Trinajstić information content (AvgIpc) is 2.97. The molecule has 0 bridgehead atoms. The number of nitrogens with zero attached hydrogens (tertiary/aromatic N) is 1. The number of hydrogen-bond acceptors (Lipinski definition) is 3. The standard InChI is InChI=1S/C34H38N2O2/c1-3-32(30-18-12-7-13-19-30)35-34(37)33(38-4-2)24-27-20-22-31(23-21-27)36(25-28-14-8-5-9-15-28)26-29-16-10-6-11-17-29/h5-23,32-33H,3-4,24-26H2,1-2H3,(H,35,37)/t32-,33-/m0/s1. The normalized spacial score (nSPS) is 12.5. The van der Waals surface area contributed by atoms with Crippen LogP contribution in [0.15, 0.2) is 115 Å². The molecular weight excluding hydrogens is 468 g/mol. The molecule has 4 aromatic carbocycles. The largest absolute Gasteiger partial charge is 0.368 e. The third kappa shape index (κ3) is 7.80. The van der Waals surface area contributed by atoms with Crippen molar-refractivity contribution in [3.63, 3.8) is 0 Å². The maximum absolute atomic E-state index is 13.2. The molecule has 0 aliphatic rings. The number of nitrogens with one attached hydrogen (secondary N) is 1. The molecule has 0 aliphatic carbocycles. The zero-order chi connectivity index (χ0) is 26.6. The van der Waals surface area contributed by atoms with Crippen molar-refractivity contribution in [1.82, 2.24) is 5.32 Å². The highest BCUT2D eigenvalue weighted by molar-refractivity contribution is 5.81. The Labute approximate surface area is 227 Å². The Morgan fingerprint density at radius 3 is 1.74 bits per heavy atom. The Kier molecular flexibility index (Phi) is 10.1. The number of benzene rings is 4. The van der Waals surface area contributed by atoms with Crippen LogP contribution >= 0.6 is 0 Å². The van der Waals surface area contributed by atoms with Crippen LogP contribution in [-0.2, 0) is 29.0 Å². The van der Waals surface area contributed by atoms with Crippen molar-refractivity contribution in [2.24, 2.45) is 0 Å². The molecule has 0 unspecified atom stereocenters. The van der Waals surface area contributed by atoms with E-state index in [2.05, 4.69) is 102 Å². The molecule has 0 fully saturated rings. The van der Waals surface area contributed by atoms with E-state index in [4.69, 9.17) is 4.74 Å². The van der Waals surface area contributed by atoms with E-state index in [1.54, 1.807) is 0 Å². The zero-order valence-corrected chi connectivity index (χ0v) is 22.4. The van der Waals surface area contributed by atoms with Crippen LogP contribution in [0.25, 0.3) is 0 Å². The number of carbonyl (C=O) groups excluding carboxylic acids is 1. The van der Waals surface area contributed by atoms with Gasteiger partial charge in [-0.25, -0.2) is 0 Å². The van der Waals surface area contributed by atoms with E-state index in [0.717, 1.165) is 36.3 Å². The molecule has 1 amide bonds. The minimum atomic E-state index is -0.534. The van der Waals surface area contributed by atoms with Gasteiger partial charge in [-0.3, -0.25) is 4.79 Å². The molecule has 0 saturated carbocycles. The molecule has 0 aromatic heterocycles. The van der Waals surface area contributed by atoms with Gasteiger partial charge in [-0.05, 0) is 47.7 Å². The highest BCUT2D eigenvalue weighted by Gasteiger charge is 2.22. The summed E-state index contributed by atoms with van der Waals surface area (Å²) < 4.78 is 5.90. The lowest BCUT2D eigenvalue weighted by molar-refractivity contribution is -0.133. The molecule has 2 atom stereocenters. The Hall–Kier alpha value is -3.89. The second-order valence-corrected chi connectivity index (χ2v) is 9.52. The van der Waals surface area contributed by atoms with Crippen molar-refractivity contribution in [2.75, 3.05) is 11.5 Å². The molecule has 0 heterocycles. The summed E-state index contributed by atoms with van der Waals surface area (Å²) in [7, 11) is 0. The number of ether oxygens (including phenoxy) is 1. The Bertz CT molecular complexity index is 1190. The van der Waals surface area contributed by atoms with E-state index in [1.165, 1.54) is 11.1 Å². The summed E-state index contributed by atoms with van der Waals surface area (Å²) in [4.78, 5) is 15.6. The second-order valence-electron chi connectivity index (χ2n) is 9.52. The van der Waals surface area contributed by atoms with E-state index in [1.807, 2.05) is 37.3 Å². The van der Waals surface area contributed by atoms with E-state index in [0.29, 0.717) is 13.0 Å². The Balaban J connectivity index is 1.47. The maximum Gasteiger partial charge on any atom is 0.249 e. The molecule has 0 spiro atoms. The first-order chi connectivity index (χ1) is 18.7. The van der Waals surface area contributed by atoms with Crippen molar-refractivity contribution >= 4 is 11.6 Å². The predicted octanol–water partition coefficient (Wildman–Crippen LogP) is 7.11. The SMILES string of the molecule is CCO[C@@H](Cc1ccc(N(Cc2ccccc2)Cc2ccccc2)cc1)C(=O)N[C@@H](CC)c1ccccc1. The Morgan fingerprint density at radius 1 is 0.711 bits per heavy atom. The monoisotopic (exact) mass is 506 g/mol. The molecule has 38 heavy (non-hydrogen) atoms. The molecule has 0 saturated heterocycles. The molecule has 4 heteroatoms. The van der Waals surface area contributed by atoms with Gasteiger partial charge in [0.2, 0.25) is 5.91 Å². The first kappa shape index (κ1) is 27.2. The van der Waals surface area contributed by atoms with Gasteiger partial charge >= 0.3 is 0 Å². The minimum absolute atomic E-state index is 0.0291. The van der Waals surface area contributed by atoms with Gasteiger partial charge in [0.15, 0.2) is 0 Å². The number of anilines is 1. The van der Waals surface area contributed by atoms with Crippen LogP contribution in [-0.4, -0.2) is 18.6 Å². The van der Waals surface area contributed by atoms with E-state index in [9.17, 15) is 4.79 Å². The molecule has 0 radical (unpaired) electrons. The first-order valence-corrected chi connectivity index (χ1v) is 13.5. The van der Waals surface area contributed by atoms with Crippen molar-refractivity contribution in [1.29, 1.82) is 0 Å². The smallest absolute Gasteiger partial charge is 0.249 e. The fourth-order valence-electron chi connectivity index (χ4n) is 4.70. The van der Waals surface area contributed by atoms with Gasteiger partial charge in [0.25, 0.3) is 0 Å². The highest BCUT2D eigenvalue weighted by atomic mass is 16.5. The molecular formula is C34H38N2O2. The number of hydrogen-bond donors (Lipinski definition) is 1. The highest BCUT2D eigenvalue weighted by Crippen LogP contribution is 2.22. The third-order valence-electron chi connectivity index (χ3n) is 6.74. The van der Waals surface area contributed by atoms with Gasteiger partial charge in [0.1, 0.15) is 6.10 Å². The van der Waals surface area contributed by atoms with E-state index in [-0.39, 0.29) is 11.9 Å². The lowest BCUT2D eigenvalue weighted by atomic mass is 10.0. The van der Waals surface area contributed by atoms with Crippen molar-refractivity contribution in [3.8, 4) is 0 Å². The second kappa shape index (κ2) is 14.2. The summed E-state index contributed by atoms with van der Waals surface area (Å²) in [6, 6.07) is 39.7. The quantitative estimate of drug-likeness (QED) is 0.210. The summed E-state index contributed by atoms with van der Waals surface area (Å²) in [5.74, 6) is -0.0681. The molecule has 4 nitrogen and oxygen atoms in total. The van der Waals surface area contributed by atoms with Crippen molar-refractivity contribution < 1.29 is 9.53 Å². The fraction of sp³-hybridized carbons (Fsp3) is 0.265. The van der Waals surface area contributed by atoms with Gasteiger partial charge in [-0.15, -0.1) is 0 Å². The lowest BCUT2D eigenvalue weighted by Crippen LogP contribution is -2.39. The third-order valence-corrected chi connectivity index (χ3v) is 6.74. The number of carbonyl (C=O) groups is 1. The minimum Gasteiger partial charge on any atom is -0.368 e. The van der Waals surface area contributed by atoms with Gasteiger partial charge < -0.3 is 15.0 Å². The summed E-state index contributed by atoms with van der Waals surface area (Å²) in [6.45, 7) is 6.14. The van der Waals surface area contributed by atoms with Gasteiger partial charge in [-0.2, -0.15) is 0 Å². The predicted molar refractivity (Wildman–Crippen MR) is 156 cm³/mol. The summed E-state index contributed by atoms with van der Waals surface area (Å²) >= 11 is 0. The van der Waals surface area contributed by atoms with E-state index >= 15 is 0 Å². The van der Waals surface area contributed by atoms with Crippen LogP contribution in [0.1, 0.15) is 48.6 Å². The van der Waals surface area contributed by atoms with Crippen LogP contribution < -0.4 is 10.2 Å². The van der Waals surface area contributed by atoms with Crippen LogP contribution in [0.2, 0.25) is 0 Å². The maximum atomic E-state index is 13.2. The van der Waals surface area contributed by atoms with Crippen LogP contribution in [0, 0.1) is 0 Å². The van der Waals surface area contributed by atoms with Crippen molar-refractivity contribution in [2.45, 2.75) is 51.9 Å². The van der Waals surface area contributed by atoms with Gasteiger partial charge in [0, 0.05) is 31.8 Å². The average molecular weight is 507 g/mol. The fourth-order valence-corrected chi connectivity index (χ4v) is 4.70. The number of rotatable bonds is 13. The lowest BCUT2D eigenvalue weighted by Gasteiger charge is -2.26. The first-order valence-electron chi connectivity index (χ1n) is 13.5. The molecule has 0 aliphatic heterocycles. The Morgan fingerprint density at radius 2 is 1.24 bits per heavy atom. The van der Waals surface area contributed by atoms with Crippen LogP contribution in [0.3, 0.4) is 0 Å². The molecule has 4 rings (SSSR count).